The van der Waals surface area contributed by atoms with Gasteiger partial charge in [-0.15, -0.1) is 0 Å². The number of nitrogens with zero attached hydrogens (tertiary/aromatic N) is 2. The third-order valence-electron chi connectivity index (χ3n) is 5.79. The number of pyridine rings is 1. The van der Waals surface area contributed by atoms with Crippen LogP contribution in [0.25, 0.3) is 0 Å². The lowest BCUT2D eigenvalue weighted by molar-refractivity contribution is -0.137. The van der Waals surface area contributed by atoms with Crippen molar-refractivity contribution in [3.05, 3.63) is 59.8 Å². The van der Waals surface area contributed by atoms with Crippen LogP contribution in [0.2, 0.25) is 0 Å². The summed E-state index contributed by atoms with van der Waals surface area (Å²) in [7, 11) is 0. The fourth-order valence-electron chi connectivity index (χ4n) is 4.60. The zero-order valence-corrected chi connectivity index (χ0v) is 13.9. The number of hydrogen-bond donors (Lipinski definition) is 2. The maximum absolute atomic E-state index is 13.3. The number of aliphatic hydroxyl groups is 2. The number of aliphatic hydroxyl groups excluding tert-OH is 2. The zero-order valence-electron chi connectivity index (χ0n) is 13.9. The zero-order chi connectivity index (χ0) is 18.5. The predicted octanol–water partition coefficient (Wildman–Crippen LogP) is 2.67. The van der Waals surface area contributed by atoms with Crippen LogP contribution in [0.5, 0.6) is 0 Å². The molecule has 0 amide bonds. The molecule has 2 fully saturated rings. The molecule has 1 aliphatic heterocycles. The standard InChI is InChI=1S/C19H19F3N2O2/c20-19(21,22)13-7-4-8-23-17(13)24-9-15(26)18(11-24)14(10-25)16(18)12-5-2-1-3-6-12/h1-8,14-16,25-26H,9-11H2/t14-,15-,16-,18-/m1/s1. The summed E-state index contributed by atoms with van der Waals surface area (Å²) in [6.45, 7) is 0.192. The molecule has 2 N–H and O–H groups in total. The maximum atomic E-state index is 13.3. The number of alkyl halides is 3. The Balaban J connectivity index is 1.68. The van der Waals surface area contributed by atoms with Crippen molar-refractivity contribution in [2.24, 2.45) is 11.3 Å². The summed E-state index contributed by atoms with van der Waals surface area (Å²) >= 11 is 0. The van der Waals surface area contributed by atoms with Crippen molar-refractivity contribution >= 4 is 5.82 Å². The Bertz CT molecular complexity index is 799. The Hall–Kier alpha value is -2.12. The fourth-order valence-corrected chi connectivity index (χ4v) is 4.60. The summed E-state index contributed by atoms with van der Waals surface area (Å²) in [6.07, 6.45) is -4.01. The van der Waals surface area contributed by atoms with E-state index in [1.807, 2.05) is 30.3 Å². The molecule has 2 aromatic rings. The minimum Gasteiger partial charge on any atom is -0.396 e. The van der Waals surface area contributed by atoms with Gasteiger partial charge in [-0.1, -0.05) is 30.3 Å². The van der Waals surface area contributed by atoms with Crippen LogP contribution in [-0.2, 0) is 6.18 Å². The lowest BCUT2D eigenvalue weighted by Crippen LogP contribution is -2.25. The van der Waals surface area contributed by atoms with E-state index >= 15 is 0 Å². The molecular weight excluding hydrogens is 345 g/mol. The van der Waals surface area contributed by atoms with Gasteiger partial charge in [-0.2, -0.15) is 13.2 Å². The lowest BCUT2D eigenvalue weighted by Gasteiger charge is -2.21. The molecule has 0 bridgehead atoms. The second-order valence-corrected chi connectivity index (χ2v) is 7.06. The summed E-state index contributed by atoms with van der Waals surface area (Å²) in [4.78, 5) is 5.43. The summed E-state index contributed by atoms with van der Waals surface area (Å²) in [5.41, 5.74) is -0.456. The van der Waals surface area contributed by atoms with Gasteiger partial charge in [0.1, 0.15) is 5.82 Å². The Kier molecular flexibility index (Phi) is 3.96. The first-order chi connectivity index (χ1) is 12.4. The molecule has 138 valence electrons. The van der Waals surface area contributed by atoms with Crippen molar-refractivity contribution in [1.29, 1.82) is 0 Å². The van der Waals surface area contributed by atoms with Gasteiger partial charge in [0.2, 0.25) is 0 Å². The van der Waals surface area contributed by atoms with Crippen LogP contribution in [0.3, 0.4) is 0 Å². The van der Waals surface area contributed by atoms with Crippen LogP contribution in [0, 0.1) is 11.3 Å². The van der Waals surface area contributed by atoms with E-state index in [4.69, 9.17) is 0 Å². The Morgan fingerprint density at radius 3 is 2.54 bits per heavy atom. The third-order valence-corrected chi connectivity index (χ3v) is 5.79. The normalized spacial score (nSPS) is 30.8. The summed E-state index contributed by atoms with van der Waals surface area (Å²) in [5.74, 6) is -0.416. The highest BCUT2D eigenvalue weighted by Crippen LogP contribution is 2.69. The number of benzene rings is 1. The smallest absolute Gasteiger partial charge is 0.396 e. The first kappa shape index (κ1) is 17.3. The number of hydrogen-bond acceptors (Lipinski definition) is 4. The minimum atomic E-state index is -4.51. The first-order valence-electron chi connectivity index (χ1n) is 8.50. The third kappa shape index (κ3) is 2.49. The molecule has 4 nitrogen and oxygen atoms in total. The Morgan fingerprint density at radius 1 is 1.15 bits per heavy atom. The Morgan fingerprint density at radius 2 is 1.88 bits per heavy atom. The van der Waals surface area contributed by atoms with Crippen LogP contribution in [0.15, 0.2) is 48.7 Å². The lowest BCUT2D eigenvalue weighted by atomic mass is 9.95. The van der Waals surface area contributed by atoms with Gasteiger partial charge in [-0.3, -0.25) is 0 Å². The highest BCUT2D eigenvalue weighted by Gasteiger charge is 2.71. The van der Waals surface area contributed by atoms with Gasteiger partial charge in [0.05, 0.1) is 11.7 Å². The highest BCUT2D eigenvalue weighted by molar-refractivity contribution is 5.53. The molecule has 1 saturated heterocycles. The van der Waals surface area contributed by atoms with E-state index in [2.05, 4.69) is 4.98 Å². The van der Waals surface area contributed by atoms with E-state index in [1.165, 1.54) is 17.2 Å². The molecule has 1 aromatic carbocycles. The van der Waals surface area contributed by atoms with Crippen LogP contribution in [0.1, 0.15) is 17.0 Å². The number of halogens is 3. The van der Waals surface area contributed by atoms with Crippen LogP contribution >= 0.6 is 0 Å². The average molecular weight is 364 g/mol. The van der Waals surface area contributed by atoms with Gasteiger partial charge in [0.25, 0.3) is 0 Å². The van der Waals surface area contributed by atoms with Crippen molar-refractivity contribution in [2.75, 3.05) is 24.6 Å². The SMILES string of the molecule is OC[C@@H]1[C@@H](c2ccccc2)[C@]12CN(c1ncccc1C(F)(F)F)C[C@H]2O. The molecule has 0 radical (unpaired) electrons. The molecular formula is C19H19F3N2O2. The first-order valence-corrected chi connectivity index (χ1v) is 8.50. The van der Waals surface area contributed by atoms with Gasteiger partial charge in [-0.25, -0.2) is 4.98 Å². The molecule has 0 unspecified atom stereocenters. The predicted molar refractivity (Wildman–Crippen MR) is 89.7 cm³/mol. The van der Waals surface area contributed by atoms with Gasteiger partial charge in [0.15, 0.2) is 0 Å². The molecule has 1 saturated carbocycles. The fraction of sp³-hybridized carbons (Fsp3) is 0.421. The second-order valence-electron chi connectivity index (χ2n) is 7.06. The topological polar surface area (TPSA) is 56.6 Å². The molecule has 4 rings (SSSR count). The van der Waals surface area contributed by atoms with Crippen molar-refractivity contribution in [1.82, 2.24) is 4.98 Å². The molecule has 1 aliphatic carbocycles. The molecule has 1 aromatic heterocycles. The van der Waals surface area contributed by atoms with Gasteiger partial charge >= 0.3 is 6.18 Å². The molecule has 2 aliphatic rings. The van der Waals surface area contributed by atoms with E-state index in [0.717, 1.165) is 11.6 Å². The van der Waals surface area contributed by atoms with Crippen LogP contribution in [-0.4, -0.2) is 41.0 Å². The van der Waals surface area contributed by atoms with Gasteiger partial charge in [-0.05, 0) is 29.5 Å². The summed E-state index contributed by atoms with van der Waals surface area (Å²) in [5, 5.41) is 20.5. The monoisotopic (exact) mass is 364 g/mol. The average Bonchev–Trinajstić information content (AvgIpc) is 3.16. The summed E-state index contributed by atoms with van der Waals surface area (Å²) < 4.78 is 40.0. The van der Waals surface area contributed by atoms with Crippen LogP contribution in [0.4, 0.5) is 19.0 Å². The van der Waals surface area contributed by atoms with Crippen molar-refractivity contribution in [2.45, 2.75) is 18.2 Å². The molecule has 2 heterocycles. The number of aromatic nitrogens is 1. The number of anilines is 1. The quantitative estimate of drug-likeness (QED) is 0.879. The molecule has 4 atom stereocenters. The van der Waals surface area contributed by atoms with Crippen molar-refractivity contribution in [3.63, 3.8) is 0 Å². The van der Waals surface area contributed by atoms with E-state index in [9.17, 15) is 23.4 Å². The second kappa shape index (κ2) is 5.96. The van der Waals surface area contributed by atoms with Crippen molar-refractivity contribution < 1.29 is 23.4 Å². The van der Waals surface area contributed by atoms with E-state index < -0.39 is 23.3 Å². The minimum absolute atomic E-state index is 0.0694. The van der Waals surface area contributed by atoms with Crippen LogP contribution < -0.4 is 4.90 Å². The van der Waals surface area contributed by atoms with E-state index in [1.54, 1.807) is 0 Å². The highest BCUT2D eigenvalue weighted by atomic mass is 19.4. The molecule has 26 heavy (non-hydrogen) atoms. The van der Waals surface area contributed by atoms with E-state index in [0.29, 0.717) is 0 Å². The molecule has 7 heteroatoms. The largest absolute Gasteiger partial charge is 0.419 e. The summed E-state index contributed by atoms with van der Waals surface area (Å²) in [6, 6.07) is 11.8. The van der Waals surface area contributed by atoms with Crippen molar-refractivity contribution in [3.8, 4) is 0 Å². The maximum Gasteiger partial charge on any atom is 0.419 e. The van der Waals surface area contributed by atoms with Gasteiger partial charge in [0, 0.05) is 31.3 Å². The Labute approximate surface area is 148 Å². The van der Waals surface area contributed by atoms with Gasteiger partial charge < -0.3 is 15.1 Å². The molecule has 1 spiro atoms. The van der Waals surface area contributed by atoms with E-state index in [-0.39, 0.29) is 37.4 Å². The number of β-amino-alcohol motifs (C(OH)–C–C–N with tert-alkyl or cyclic N) is 1. The number of rotatable bonds is 3.